The van der Waals surface area contributed by atoms with Crippen molar-refractivity contribution in [2.24, 2.45) is 0 Å². The zero-order valence-electron chi connectivity index (χ0n) is 10.7. The maximum atomic E-state index is 11.1. The zero-order valence-corrected chi connectivity index (χ0v) is 11.5. The second-order valence-electron chi connectivity index (χ2n) is 4.52. The monoisotopic (exact) mass is 302 g/mol. The zero-order chi connectivity index (χ0) is 15.0. The van der Waals surface area contributed by atoms with E-state index in [2.05, 4.69) is 0 Å². The Morgan fingerprint density at radius 1 is 1.33 bits per heavy atom. The van der Waals surface area contributed by atoms with Gasteiger partial charge in [-0.05, 0) is 29.1 Å². The van der Waals surface area contributed by atoms with Crippen LogP contribution >= 0.6 is 11.3 Å². The van der Waals surface area contributed by atoms with E-state index in [1.807, 2.05) is 10.6 Å². The van der Waals surface area contributed by atoms with Gasteiger partial charge in [0.25, 0.3) is 5.69 Å². The molecular formula is C14H10N2O4S. The van der Waals surface area contributed by atoms with Crippen LogP contribution in [0.25, 0.3) is 10.9 Å². The van der Waals surface area contributed by atoms with E-state index >= 15 is 0 Å². The Kier molecular flexibility index (Phi) is 3.19. The molecule has 1 N–H and O–H groups in total. The van der Waals surface area contributed by atoms with Crippen LogP contribution in [-0.2, 0) is 6.54 Å². The number of aromatic carboxylic acids is 1. The van der Waals surface area contributed by atoms with Crippen molar-refractivity contribution in [1.29, 1.82) is 0 Å². The van der Waals surface area contributed by atoms with Crippen LogP contribution in [0, 0.1) is 10.1 Å². The number of fused-ring (bicyclic) bond motifs is 1. The Labute approximate surface area is 123 Å². The molecule has 2 heterocycles. The van der Waals surface area contributed by atoms with Gasteiger partial charge < -0.3 is 9.67 Å². The van der Waals surface area contributed by atoms with Crippen molar-refractivity contribution in [3.05, 3.63) is 62.5 Å². The van der Waals surface area contributed by atoms with Crippen molar-refractivity contribution in [3.8, 4) is 0 Å². The molecule has 0 unspecified atom stereocenters. The van der Waals surface area contributed by atoms with Crippen LogP contribution in [0.15, 0.2) is 41.9 Å². The van der Waals surface area contributed by atoms with Gasteiger partial charge >= 0.3 is 5.97 Å². The largest absolute Gasteiger partial charge is 0.477 e. The van der Waals surface area contributed by atoms with Gasteiger partial charge in [0.2, 0.25) is 0 Å². The molecule has 0 spiro atoms. The fourth-order valence-electron chi connectivity index (χ4n) is 2.26. The topological polar surface area (TPSA) is 85.4 Å². The van der Waals surface area contributed by atoms with Crippen LogP contribution in [0.5, 0.6) is 0 Å². The summed E-state index contributed by atoms with van der Waals surface area (Å²) in [6.45, 7) is 0.371. The van der Waals surface area contributed by atoms with Gasteiger partial charge in [-0.25, -0.2) is 4.79 Å². The Balaban J connectivity index is 2.04. The first-order valence-electron chi connectivity index (χ1n) is 6.09. The van der Waals surface area contributed by atoms with Crippen LogP contribution in [0.2, 0.25) is 0 Å². The highest BCUT2D eigenvalue weighted by atomic mass is 32.1. The van der Waals surface area contributed by atoms with Gasteiger partial charge in [0.1, 0.15) is 4.88 Å². The molecule has 6 nitrogen and oxygen atoms in total. The molecule has 0 aliphatic rings. The highest BCUT2D eigenvalue weighted by molar-refractivity contribution is 7.12. The lowest BCUT2D eigenvalue weighted by molar-refractivity contribution is -0.384. The number of hydrogen-bond donors (Lipinski definition) is 1. The lowest BCUT2D eigenvalue weighted by atomic mass is 10.2. The molecule has 2 aromatic heterocycles. The summed E-state index contributed by atoms with van der Waals surface area (Å²) in [5, 5.41) is 22.6. The molecule has 0 bridgehead atoms. The standard InChI is InChI=1S/C14H10N2O4S/c17-14(18)13-10(4-6-21-13)8-15-5-3-9-1-2-11(16(19)20)7-12(9)15/h1-7H,8H2,(H,17,18). The van der Waals surface area contributed by atoms with Gasteiger partial charge in [0.15, 0.2) is 0 Å². The molecule has 0 radical (unpaired) electrons. The molecule has 0 saturated heterocycles. The van der Waals surface area contributed by atoms with Crippen molar-refractivity contribution in [2.75, 3.05) is 0 Å². The Bertz CT molecular complexity index is 850. The number of benzene rings is 1. The number of non-ortho nitro benzene ring substituents is 1. The van der Waals surface area contributed by atoms with Gasteiger partial charge in [-0.2, -0.15) is 0 Å². The summed E-state index contributed by atoms with van der Waals surface area (Å²) in [5.41, 5.74) is 1.43. The number of nitrogens with zero attached hydrogens (tertiary/aromatic N) is 2. The van der Waals surface area contributed by atoms with E-state index < -0.39 is 10.9 Å². The molecule has 0 amide bonds. The number of nitro groups is 1. The summed E-state index contributed by atoms with van der Waals surface area (Å²) in [7, 11) is 0. The second kappa shape index (κ2) is 5.02. The molecular weight excluding hydrogens is 292 g/mol. The molecule has 0 atom stereocenters. The minimum Gasteiger partial charge on any atom is -0.477 e. The molecule has 3 rings (SSSR count). The van der Waals surface area contributed by atoms with Gasteiger partial charge in [-0.3, -0.25) is 10.1 Å². The first-order valence-corrected chi connectivity index (χ1v) is 6.97. The molecule has 0 saturated carbocycles. The van der Waals surface area contributed by atoms with Crippen molar-refractivity contribution in [3.63, 3.8) is 0 Å². The minimum atomic E-state index is -0.956. The highest BCUT2D eigenvalue weighted by Gasteiger charge is 2.14. The molecule has 0 aliphatic carbocycles. The summed E-state index contributed by atoms with van der Waals surface area (Å²) in [6, 6.07) is 8.26. The first-order chi connectivity index (χ1) is 10.1. The molecule has 1 aromatic carbocycles. The number of carboxylic acid groups (broad SMARTS) is 1. The quantitative estimate of drug-likeness (QED) is 0.591. The van der Waals surface area contributed by atoms with Gasteiger partial charge in [0.05, 0.1) is 10.4 Å². The lowest BCUT2D eigenvalue weighted by Crippen LogP contribution is -2.03. The normalized spacial score (nSPS) is 10.9. The maximum absolute atomic E-state index is 11.1. The number of nitro benzene ring substituents is 1. The van der Waals surface area contributed by atoms with Crippen LogP contribution in [0.4, 0.5) is 5.69 Å². The van der Waals surface area contributed by atoms with E-state index in [1.54, 1.807) is 23.7 Å². The van der Waals surface area contributed by atoms with Crippen LogP contribution in [-0.4, -0.2) is 20.6 Å². The predicted molar refractivity (Wildman–Crippen MR) is 79.0 cm³/mol. The van der Waals surface area contributed by atoms with Crippen LogP contribution in [0.1, 0.15) is 15.2 Å². The number of hydrogen-bond acceptors (Lipinski definition) is 4. The maximum Gasteiger partial charge on any atom is 0.346 e. The van der Waals surface area contributed by atoms with Crippen LogP contribution < -0.4 is 0 Å². The summed E-state index contributed by atoms with van der Waals surface area (Å²) in [6.07, 6.45) is 1.80. The van der Waals surface area contributed by atoms with E-state index in [1.165, 1.54) is 23.5 Å². The number of rotatable bonds is 4. The van der Waals surface area contributed by atoms with E-state index in [-0.39, 0.29) is 5.69 Å². The third-order valence-corrected chi connectivity index (χ3v) is 4.19. The highest BCUT2D eigenvalue weighted by Crippen LogP contribution is 2.24. The summed E-state index contributed by atoms with van der Waals surface area (Å²) in [5.74, 6) is -0.956. The van der Waals surface area contributed by atoms with Gasteiger partial charge in [-0.15, -0.1) is 11.3 Å². The average molecular weight is 302 g/mol. The predicted octanol–water partition coefficient (Wildman–Crippen LogP) is 3.36. The molecule has 3 aromatic rings. The molecule has 0 aliphatic heterocycles. The molecule has 7 heteroatoms. The minimum absolute atomic E-state index is 0.0197. The Hall–Kier alpha value is -2.67. The molecule has 0 fully saturated rings. The Morgan fingerprint density at radius 3 is 2.86 bits per heavy atom. The van der Waals surface area contributed by atoms with E-state index in [4.69, 9.17) is 5.11 Å². The third-order valence-electron chi connectivity index (χ3n) is 3.25. The van der Waals surface area contributed by atoms with Crippen molar-refractivity contribution >= 4 is 33.9 Å². The van der Waals surface area contributed by atoms with Crippen LogP contribution in [0.3, 0.4) is 0 Å². The van der Waals surface area contributed by atoms with Crippen molar-refractivity contribution in [1.82, 2.24) is 4.57 Å². The average Bonchev–Trinajstić information content (AvgIpc) is 3.06. The molecule has 21 heavy (non-hydrogen) atoms. The van der Waals surface area contributed by atoms with E-state index in [9.17, 15) is 14.9 Å². The fraction of sp³-hybridized carbons (Fsp3) is 0.0714. The third kappa shape index (κ3) is 2.38. The first kappa shape index (κ1) is 13.3. The number of carbonyl (C=O) groups is 1. The second-order valence-corrected chi connectivity index (χ2v) is 5.44. The summed E-state index contributed by atoms with van der Waals surface area (Å²) in [4.78, 5) is 21.8. The van der Waals surface area contributed by atoms with Crippen molar-refractivity contribution < 1.29 is 14.8 Å². The fourth-order valence-corrected chi connectivity index (χ4v) is 3.01. The van der Waals surface area contributed by atoms with E-state index in [0.717, 1.165) is 5.39 Å². The van der Waals surface area contributed by atoms with Gasteiger partial charge in [-0.1, -0.05) is 0 Å². The van der Waals surface area contributed by atoms with Crippen molar-refractivity contribution in [2.45, 2.75) is 6.54 Å². The van der Waals surface area contributed by atoms with Gasteiger partial charge in [0, 0.05) is 30.3 Å². The Morgan fingerprint density at radius 2 is 2.14 bits per heavy atom. The smallest absolute Gasteiger partial charge is 0.346 e. The SMILES string of the molecule is O=C(O)c1sccc1Cn1ccc2ccc([N+](=O)[O-])cc21. The molecule has 106 valence electrons. The summed E-state index contributed by atoms with van der Waals surface area (Å²) >= 11 is 1.17. The number of aromatic nitrogens is 1. The van der Waals surface area contributed by atoms with E-state index in [0.29, 0.717) is 22.5 Å². The summed E-state index contributed by atoms with van der Waals surface area (Å²) < 4.78 is 1.82. The lowest BCUT2D eigenvalue weighted by Gasteiger charge is -2.05. The number of carboxylic acids is 1. The number of thiophene rings is 1.